The maximum absolute atomic E-state index is 13.0. The SMILES string of the molecule is CCc1nccc(-c2cccnc2Oc2cc(C(=O)NCc3cccc(C(F)(F)F)c3)ccc2C)n1. The lowest BCUT2D eigenvalue weighted by molar-refractivity contribution is -0.137. The Bertz CT molecular complexity index is 1390. The molecule has 184 valence electrons. The quantitative estimate of drug-likeness (QED) is 0.335. The Balaban J connectivity index is 1.53. The van der Waals surface area contributed by atoms with Crippen LogP contribution in [0.2, 0.25) is 0 Å². The summed E-state index contributed by atoms with van der Waals surface area (Å²) in [4.78, 5) is 25.9. The second-order valence-electron chi connectivity index (χ2n) is 8.03. The molecule has 0 radical (unpaired) electrons. The molecule has 0 bridgehead atoms. The number of rotatable bonds is 7. The van der Waals surface area contributed by atoms with Gasteiger partial charge < -0.3 is 10.1 Å². The lowest BCUT2D eigenvalue weighted by Gasteiger charge is -2.13. The molecule has 0 fully saturated rings. The Kier molecular flexibility index (Phi) is 7.28. The fourth-order valence-electron chi connectivity index (χ4n) is 3.48. The van der Waals surface area contributed by atoms with Crippen molar-refractivity contribution < 1.29 is 22.7 Å². The second kappa shape index (κ2) is 10.6. The first-order valence-corrected chi connectivity index (χ1v) is 11.2. The summed E-state index contributed by atoms with van der Waals surface area (Å²) in [6.45, 7) is 3.75. The number of alkyl halides is 3. The predicted octanol–water partition coefficient (Wildman–Crippen LogP) is 6.15. The van der Waals surface area contributed by atoms with E-state index in [9.17, 15) is 18.0 Å². The van der Waals surface area contributed by atoms with Gasteiger partial charge in [0.25, 0.3) is 5.91 Å². The summed E-state index contributed by atoms with van der Waals surface area (Å²) >= 11 is 0. The lowest BCUT2D eigenvalue weighted by Crippen LogP contribution is -2.23. The van der Waals surface area contributed by atoms with Crippen LogP contribution in [0.5, 0.6) is 11.6 Å². The summed E-state index contributed by atoms with van der Waals surface area (Å²) in [6, 6.07) is 15.2. The van der Waals surface area contributed by atoms with Gasteiger partial charge in [-0.05, 0) is 60.5 Å². The number of hydrogen-bond donors (Lipinski definition) is 1. The van der Waals surface area contributed by atoms with E-state index in [1.165, 1.54) is 12.1 Å². The van der Waals surface area contributed by atoms with Crippen molar-refractivity contribution in [2.24, 2.45) is 0 Å². The molecule has 4 rings (SSSR count). The van der Waals surface area contributed by atoms with Gasteiger partial charge in [-0.2, -0.15) is 13.2 Å². The topological polar surface area (TPSA) is 77.0 Å². The van der Waals surface area contributed by atoms with Gasteiger partial charge in [-0.1, -0.05) is 25.1 Å². The molecule has 6 nitrogen and oxygen atoms in total. The van der Waals surface area contributed by atoms with Crippen molar-refractivity contribution in [3.8, 4) is 22.9 Å². The maximum Gasteiger partial charge on any atom is 0.416 e. The van der Waals surface area contributed by atoms with Gasteiger partial charge in [0.2, 0.25) is 5.88 Å². The Labute approximate surface area is 206 Å². The van der Waals surface area contributed by atoms with Crippen LogP contribution in [0.3, 0.4) is 0 Å². The van der Waals surface area contributed by atoms with Crippen molar-refractivity contribution in [2.45, 2.75) is 33.0 Å². The van der Waals surface area contributed by atoms with E-state index in [2.05, 4.69) is 20.3 Å². The van der Waals surface area contributed by atoms with E-state index in [0.717, 1.165) is 17.7 Å². The molecule has 1 N–H and O–H groups in total. The van der Waals surface area contributed by atoms with Crippen LogP contribution in [0.1, 0.15) is 39.8 Å². The molecule has 0 saturated heterocycles. The van der Waals surface area contributed by atoms with Crippen LogP contribution in [-0.2, 0) is 19.1 Å². The average molecular weight is 493 g/mol. The summed E-state index contributed by atoms with van der Waals surface area (Å²) in [5.74, 6) is 0.995. The zero-order valence-corrected chi connectivity index (χ0v) is 19.6. The average Bonchev–Trinajstić information content (AvgIpc) is 2.88. The smallest absolute Gasteiger partial charge is 0.416 e. The Morgan fingerprint density at radius 1 is 1.00 bits per heavy atom. The number of hydrogen-bond acceptors (Lipinski definition) is 5. The van der Waals surface area contributed by atoms with Crippen LogP contribution in [0.15, 0.2) is 73.1 Å². The highest BCUT2D eigenvalue weighted by Crippen LogP contribution is 2.32. The maximum atomic E-state index is 13.0. The molecule has 1 amide bonds. The van der Waals surface area contributed by atoms with E-state index in [-0.39, 0.29) is 6.54 Å². The van der Waals surface area contributed by atoms with Crippen molar-refractivity contribution >= 4 is 5.91 Å². The van der Waals surface area contributed by atoms with Gasteiger partial charge in [0.15, 0.2) is 0 Å². The third-order valence-corrected chi connectivity index (χ3v) is 5.43. The standard InChI is InChI=1S/C27H23F3N4O2/c1-3-24-31-13-11-22(34-24)21-8-5-12-32-26(21)36-23-15-19(10-9-17(23)2)25(35)33-16-18-6-4-7-20(14-18)27(28,29)30/h4-15H,3,16H2,1-2H3,(H,33,35). The van der Waals surface area contributed by atoms with Gasteiger partial charge in [-0.25, -0.2) is 15.0 Å². The molecule has 9 heteroatoms. The summed E-state index contributed by atoms with van der Waals surface area (Å²) < 4.78 is 45.0. The molecule has 36 heavy (non-hydrogen) atoms. The third-order valence-electron chi connectivity index (χ3n) is 5.43. The fraction of sp³-hybridized carbons (Fsp3) is 0.185. The van der Waals surface area contributed by atoms with E-state index in [4.69, 9.17) is 4.74 Å². The highest BCUT2D eigenvalue weighted by atomic mass is 19.4. The number of halogens is 3. The highest BCUT2D eigenvalue weighted by Gasteiger charge is 2.30. The van der Waals surface area contributed by atoms with Crippen molar-refractivity contribution in [1.29, 1.82) is 0 Å². The van der Waals surface area contributed by atoms with Crippen LogP contribution in [-0.4, -0.2) is 20.9 Å². The van der Waals surface area contributed by atoms with E-state index in [1.54, 1.807) is 42.7 Å². The molecule has 0 unspecified atom stereocenters. The number of carbonyl (C=O) groups excluding carboxylic acids is 1. The van der Waals surface area contributed by atoms with Crippen molar-refractivity contribution in [2.75, 3.05) is 0 Å². The van der Waals surface area contributed by atoms with Crippen molar-refractivity contribution in [1.82, 2.24) is 20.3 Å². The molecule has 0 aliphatic carbocycles. The van der Waals surface area contributed by atoms with Gasteiger partial charge in [-0.3, -0.25) is 4.79 Å². The Hall–Kier alpha value is -4.27. The number of aryl methyl sites for hydroxylation is 2. The van der Waals surface area contributed by atoms with Gasteiger partial charge in [0.1, 0.15) is 11.6 Å². The summed E-state index contributed by atoms with van der Waals surface area (Å²) in [7, 11) is 0. The number of benzene rings is 2. The first-order valence-electron chi connectivity index (χ1n) is 11.2. The van der Waals surface area contributed by atoms with Crippen LogP contribution < -0.4 is 10.1 Å². The van der Waals surface area contributed by atoms with E-state index in [0.29, 0.717) is 46.3 Å². The summed E-state index contributed by atoms with van der Waals surface area (Å²) in [5, 5.41) is 2.66. The molecule has 0 spiro atoms. The molecule has 4 aromatic rings. The third kappa shape index (κ3) is 5.86. The zero-order chi connectivity index (χ0) is 25.7. The van der Waals surface area contributed by atoms with E-state index in [1.807, 2.05) is 19.9 Å². The predicted molar refractivity (Wildman–Crippen MR) is 129 cm³/mol. The minimum atomic E-state index is -4.45. The molecular weight excluding hydrogens is 469 g/mol. The number of nitrogens with one attached hydrogen (secondary N) is 1. The van der Waals surface area contributed by atoms with Crippen LogP contribution in [0, 0.1) is 6.92 Å². The van der Waals surface area contributed by atoms with Gasteiger partial charge in [-0.15, -0.1) is 0 Å². The first kappa shape index (κ1) is 24.8. The van der Waals surface area contributed by atoms with Crippen LogP contribution in [0.4, 0.5) is 13.2 Å². The molecule has 0 saturated carbocycles. The van der Waals surface area contributed by atoms with Gasteiger partial charge in [0, 0.05) is 30.9 Å². The minimum Gasteiger partial charge on any atom is -0.438 e. The molecular formula is C27H23F3N4O2. The van der Waals surface area contributed by atoms with Crippen LogP contribution in [0.25, 0.3) is 11.3 Å². The monoisotopic (exact) mass is 492 g/mol. The van der Waals surface area contributed by atoms with Crippen molar-refractivity contribution in [3.63, 3.8) is 0 Å². The first-order chi connectivity index (χ1) is 17.2. The molecule has 2 aromatic carbocycles. The number of nitrogens with zero attached hydrogens (tertiary/aromatic N) is 3. The number of amides is 1. The number of aromatic nitrogens is 3. The number of pyridine rings is 1. The molecule has 0 aliphatic heterocycles. The Morgan fingerprint density at radius 3 is 2.61 bits per heavy atom. The summed E-state index contributed by atoms with van der Waals surface area (Å²) in [5.41, 5.74) is 2.00. The molecule has 0 aliphatic rings. The zero-order valence-electron chi connectivity index (χ0n) is 19.6. The van der Waals surface area contributed by atoms with Gasteiger partial charge in [0.05, 0.1) is 16.8 Å². The van der Waals surface area contributed by atoms with E-state index >= 15 is 0 Å². The molecule has 2 heterocycles. The fourth-order valence-corrected chi connectivity index (χ4v) is 3.48. The summed E-state index contributed by atoms with van der Waals surface area (Å²) in [6.07, 6.45) is -0.487. The normalized spacial score (nSPS) is 11.2. The van der Waals surface area contributed by atoms with Gasteiger partial charge >= 0.3 is 6.18 Å². The second-order valence-corrected chi connectivity index (χ2v) is 8.03. The molecule has 2 aromatic heterocycles. The molecule has 0 atom stereocenters. The largest absolute Gasteiger partial charge is 0.438 e. The number of carbonyl (C=O) groups is 1. The lowest BCUT2D eigenvalue weighted by atomic mass is 10.1. The number of ether oxygens (including phenoxy) is 1. The van der Waals surface area contributed by atoms with E-state index < -0.39 is 17.6 Å². The van der Waals surface area contributed by atoms with Crippen LogP contribution >= 0.6 is 0 Å². The minimum absolute atomic E-state index is 0.0509. The highest BCUT2D eigenvalue weighted by molar-refractivity contribution is 5.94. The van der Waals surface area contributed by atoms with Crippen molar-refractivity contribution in [3.05, 3.63) is 101 Å². The Morgan fingerprint density at radius 2 is 1.83 bits per heavy atom.